The maximum atomic E-state index is 5.82. The molecule has 2 aromatic carbocycles. The molecule has 0 aromatic heterocycles. The Morgan fingerprint density at radius 1 is 1.00 bits per heavy atom. The quantitative estimate of drug-likeness (QED) is 0.611. The molecule has 0 aliphatic carbocycles. The van der Waals surface area contributed by atoms with Crippen LogP contribution in [0.15, 0.2) is 84.5 Å². The van der Waals surface area contributed by atoms with Crippen LogP contribution < -0.4 is 0 Å². The van der Waals surface area contributed by atoms with Crippen LogP contribution in [0.1, 0.15) is 37.3 Å². The van der Waals surface area contributed by atoms with Crippen molar-refractivity contribution in [2.45, 2.75) is 26.2 Å². The monoisotopic (exact) mass is 316 g/mol. The fourth-order valence-electron chi connectivity index (χ4n) is 2.87. The van der Waals surface area contributed by atoms with Crippen LogP contribution in [0.4, 0.5) is 0 Å². The van der Waals surface area contributed by atoms with Gasteiger partial charge in [-0.2, -0.15) is 0 Å². The second-order valence-corrected chi connectivity index (χ2v) is 6.03. The summed E-state index contributed by atoms with van der Waals surface area (Å²) in [7, 11) is 0. The molecule has 0 unspecified atom stereocenters. The third kappa shape index (κ3) is 4.26. The highest BCUT2D eigenvalue weighted by molar-refractivity contribution is 5.72. The van der Waals surface area contributed by atoms with E-state index in [1.165, 1.54) is 29.6 Å². The molecule has 1 aliphatic rings. The normalized spacial score (nSPS) is 14.6. The van der Waals surface area contributed by atoms with Crippen molar-refractivity contribution in [1.82, 2.24) is 0 Å². The average molecular weight is 316 g/mol. The van der Waals surface area contributed by atoms with Crippen LogP contribution in [0.3, 0.4) is 0 Å². The van der Waals surface area contributed by atoms with Gasteiger partial charge in [0.2, 0.25) is 0 Å². The third-order valence-corrected chi connectivity index (χ3v) is 4.20. The molecule has 1 aliphatic heterocycles. The van der Waals surface area contributed by atoms with Crippen LogP contribution >= 0.6 is 0 Å². The van der Waals surface area contributed by atoms with E-state index in [-0.39, 0.29) is 0 Å². The second-order valence-electron chi connectivity index (χ2n) is 6.03. The Labute approximate surface area is 145 Å². The molecule has 3 rings (SSSR count). The van der Waals surface area contributed by atoms with Crippen molar-refractivity contribution in [1.29, 1.82) is 0 Å². The summed E-state index contributed by atoms with van der Waals surface area (Å²) in [6.45, 7) is 2.87. The highest BCUT2D eigenvalue weighted by Gasteiger charge is 2.09. The van der Waals surface area contributed by atoms with Crippen LogP contribution in [0.2, 0.25) is 0 Å². The lowest BCUT2D eigenvalue weighted by Gasteiger charge is -2.15. The summed E-state index contributed by atoms with van der Waals surface area (Å²) >= 11 is 0. The number of hydrogen-bond donors (Lipinski definition) is 0. The summed E-state index contributed by atoms with van der Waals surface area (Å²) in [4.78, 5) is 0. The molecule has 0 atom stereocenters. The predicted molar refractivity (Wildman–Crippen MR) is 102 cm³/mol. The molecule has 1 heterocycles. The highest BCUT2D eigenvalue weighted by atomic mass is 16.5. The van der Waals surface area contributed by atoms with Gasteiger partial charge in [-0.3, -0.25) is 0 Å². The van der Waals surface area contributed by atoms with Crippen LogP contribution in [-0.2, 0) is 4.74 Å². The van der Waals surface area contributed by atoms with Crippen molar-refractivity contribution in [3.05, 3.63) is 95.6 Å². The maximum absolute atomic E-state index is 5.82. The molecule has 0 bridgehead atoms. The molecular formula is C23H24O. The van der Waals surface area contributed by atoms with E-state index in [0.717, 1.165) is 17.7 Å². The lowest BCUT2D eigenvalue weighted by atomic mass is 9.97. The fraction of sp³-hybridized carbons (Fsp3) is 0.217. The van der Waals surface area contributed by atoms with Crippen molar-refractivity contribution in [3.8, 4) is 0 Å². The minimum Gasteiger partial charge on any atom is -0.489 e. The van der Waals surface area contributed by atoms with Gasteiger partial charge in [-0.1, -0.05) is 80.1 Å². The van der Waals surface area contributed by atoms with Gasteiger partial charge in [-0.05, 0) is 41.7 Å². The van der Waals surface area contributed by atoms with Gasteiger partial charge in [0.15, 0.2) is 0 Å². The van der Waals surface area contributed by atoms with Crippen LogP contribution in [0.5, 0.6) is 0 Å². The molecule has 0 radical (unpaired) electrons. The zero-order valence-corrected chi connectivity index (χ0v) is 14.2. The van der Waals surface area contributed by atoms with Gasteiger partial charge in [0.1, 0.15) is 12.4 Å². The van der Waals surface area contributed by atoms with Gasteiger partial charge < -0.3 is 4.74 Å². The largest absolute Gasteiger partial charge is 0.489 e. The van der Waals surface area contributed by atoms with E-state index in [9.17, 15) is 0 Å². The Kier molecular flexibility index (Phi) is 5.68. The van der Waals surface area contributed by atoms with Gasteiger partial charge in [0, 0.05) is 5.56 Å². The Hall–Kier alpha value is -2.54. The fourth-order valence-corrected chi connectivity index (χ4v) is 2.87. The molecule has 0 saturated heterocycles. The first-order valence-electron chi connectivity index (χ1n) is 8.73. The first-order valence-corrected chi connectivity index (χ1v) is 8.73. The number of hydrogen-bond acceptors (Lipinski definition) is 1. The average Bonchev–Trinajstić information content (AvgIpc) is 2.67. The molecule has 1 nitrogen and oxygen atoms in total. The van der Waals surface area contributed by atoms with E-state index in [1.54, 1.807) is 0 Å². The standard InChI is InChI=1S/C23H24O/c1-2-3-10-22(20-11-6-4-7-12-20)17-19-15-16-24-23(18-19)21-13-8-5-9-14-21/h4-9,11-15,17-18H,2-3,10,16H2,1H3/b22-17+. The third-order valence-electron chi connectivity index (χ3n) is 4.20. The lowest BCUT2D eigenvalue weighted by molar-refractivity contribution is 0.315. The van der Waals surface area contributed by atoms with Gasteiger partial charge in [-0.25, -0.2) is 0 Å². The Morgan fingerprint density at radius 2 is 1.71 bits per heavy atom. The van der Waals surface area contributed by atoms with E-state index in [2.05, 4.69) is 67.6 Å². The van der Waals surface area contributed by atoms with Gasteiger partial charge >= 0.3 is 0 Å². The summed E-state index contributed by atoms with van der Waals surface area (Å²) < 4.78 is 5.82. The van der Waals surface area contributed by atoms with E-state index in [1.807, 2.05) is 18.2 Å². The van der Waals surface area contributed by atoms with Crippen LogP contribution in [-0.4, -0.2) is 6.61 Å². The summed E-state index contributed by atoms with van der Waals surface area (Å²) in [5, 5.41) is 0. The minimum absolute atomic E-state index is 0.627. The minimum atomic E-state index is 0.627. The Bertz CT molecular complexity index is 736. The lowest BCUT2D eigenvalue weighted by Crippen LogP contribution is -1.99. The second kappa shape index (κ2) is 8.35. The number of rotatable bonds is 6. The number of unbranched alkanes of at least 4 members (excludes halogenated alkanes) is 1. The molecule has 0 saturated carbocycles. The first-order chi connectivity index (χ1) is 11.9. The SMILES string of the molecule is CCCC/C(=C\C1=CCOC(c2ccccc2)=C1)c1ccccc1. The highest BCUT2D eigenvalue weighted by Crippen LogP contribution is 2.27. The zero-order valence-electron chi connectivity index (χ0n) is 14.2. The van der Waals surface area contributed by atoms with Crippen molar-refractivity contribution in [3.63, 3.8) is 0 Å². The smallest absolute Gasteiger partial charge is 0.127 e. The van der Waals surface area contributed by atoms with Gasteiger partial charge in [0.05, 0.1) is 0 Å². The number of ether oxygens (including phenoxy) is 1. The predicted octanol–water partition coefficient (Wildman–Crippen LogP) is 6.26. The zero-order chi connectivity index (χ0) is 16.6. The van der Waals surface area contributed by atoms with Gasteiger partial charge in [-0.15, -0.1) is 0 Å². The molecule has 0 fully saturated rings. The van der Waals surface area contributed by atoms with E-state index >= 15 is 0 Å². The van der Waals surface area contributed by atoms with E-state index in [4.69, 9.17) is 4.74 Å². The van der Waals surface area contributed by atoms with Gasteiger partial charge in [0.25, 0.3) is 0 Å². The van der Waals surface area contributed by atoms with Crippen LogP contribution in [0.25, 0.3) is 11.3 Å². The Morgan fingerprint density at radius 3 is 2.42 bits per heavy atom. The summed E-state index contributed by atoms with van der Waals surface area (Å²) in [6.07, 6.45) is 10.1. The number of allylic oxidation sites excluding steroid dienone is 4. The van der Waals surface area contributed by atoms with Crippen molar-refractivity contribution in [2.75, 3.05) is 6.61 Å². The molecule has 122 valence electrons. The molecule has 0 amide bonds. The summed E-state index contributed by atoms with van der Waals surface area (Å²) in [5.41, 5.74) is 5.07. The molecule has 0 N–H and O–H groups in total. The maximum Gasteiger partial charge on any atom is 0.127 e. The summed E-state index contributed by atoms with van der Waals surface area (Å²) in [6, 6.07) is 21.0. The van der Waals surface area contributed by atoms with E-state index < -0.39 is 0 Å². The molecular weight excluding hydrogens is 292 g/mol. The molecule has 1 heteroatoms. The molecule has 0 spiro atoms. The topological polar surface area (TPSA) is 9.23 Å². The van der Waals surface area contributed by atoms with E-state index in [0.29, 0.717) is 6.61 Å². The number of benzene rings is 2. The van der Waals surface area contributed by atoms with Crippen molar-refractivity contribution >= 4 is 11.3 Å². The van der Waals surface area contributed by atoms with Crippen molar-refractivity contribution in [2.24, 2.45) is 0 Å². The first kappa shape index (κ1) is 16.3. The Balaban J connectivity index is 1.89. The van der Waals surface area contributed by atoms with Crippen molar-refractivity contribution < 1.29 is 4.74 Å². The van der Waals surface area contributed by atoms with Crippen LogP contribution in [0, 0.1) is 0 Å². The molecule has 24 heavy (non-hydrogen) atoms. The molecule has 2 aromatic rings. The summed E-state index contributed by atoms with van der Waals surface area (Å²) in [5.74, 6) is 0.951.